The van der Waals surface area contributed by atoms with Gasteiger partial charge in [-0.15, -0.1) is 0 Å². The number of carbonyl (C=O) groups is 1. The summed E-state index contributed by atoms with van der Waals surface area (Å²) in [6.45, 7) is 6.42. The zero-order valence-electron chi connectivity index (χ0n) is 19.2. The van der Waals surface area contributed by atoms with Gasteiger partial charge in [-0.3, -0.25) is 4.79 Å². The normalized spacial score (nSPS) is 10.8. The summed E-state index contributed by atoms with van der Waals surface area (Å²) in [5.74, 6) is 1.18. The molecule has 0 radical (unpaired) electrons. The molecule has 4 rings (SSSR count). The van der Waals surface area contributed by atoms with Crippen molar-refractivity contribution in [1.29, 1.82) is 5.26 Å². The van der Waals surface area contributed by atoms with E-state index >= 15 is 0 Å². The molecule has 2 aromatic carbocycles. The predicted molar refractivity (Wildman–Crippen MR) is 133 cm³/mol. The number of carbonyl (C=O) groups excluding carboxylic acids is 1. The summed E-state index contributed by atoms with van der Waals surface area (Å²) in [6.07, 6.45) is 2.13. The molecule has 0 fully saturated rings. The number of para-hydroxylation sites is 1. The zero-order chi connectivity index (χ0) is 24.2. The highest BCUT2D eigenvalue weighted by Crippen LogP contribution is 2.27. The van der Waals surface area contributed by atoms with Crippen LogP contribution in [0.2, 0.25) is 5.02 Å². The first-order valence-corrected chi connectivity index (χ1v) is 11.3. The quantitative estimate of drug-likeness (QED) is 0.349. The van der Waals surface area contributed by atoms with E-state index in [1.165, 1.54) is 16.4 Å². The molecule has 0 aliphatic rings. The van der Waals surface area contributed by atoms with Crippen molar-refractivity contribution in [1.82, 2.24) is 14.8 Å². The van der Waals surface area contributed by atoms with E-state index < -0.39 is 0 Å². The molecule has 0 saturated heterocycles. The Labute approximate surface area is 202 Å². The van der Waals surface area contributed by atoms with Gasteiger partial charge in [0.2, 0.25) is 5.91 Å². The molecule has 2 heterocycles. The lowest BCUT2D eigenvalue weighted by molar-refractivity contribution is -0.116. The summed E-state index contributed by atoms with van der Waals surface area (Å²) in [5, 5.41) is 18.3. The van der Waals surface area contributed by atoms with E-state index in [2.05, 4.69) is 35.5 Å². The Bertz CT molecular complexity index is 1420. The fourth-order valence-electron chi connectivity index (χ4n) is 3.83. The number of halogens is 1. The van der Waals surface area contributed by atoms with Crippen LogP contribution in [0.4, 0.5) is 5.82 Å². The number of anilines is 1. The van der Waals surface area contributed by atoms with E-state index in [4.69, 9.17) is 21.3 Å². The largest absolute Gasteiger partial charge is 0.492 e. The van der Waals surface area contributed by atoms with Gasteiger partial charge in [0.15, 0.2) is 11.6 Å². The molecule has 0 bridgehead atoms. The Balaban J connectivity index is 1.52. The minimum Gasteiger partial charge on any atom is -0.492 e. The minimum atomic E-state index is -0.245. The SMILES string of the molecule is Cc1cc(C)c2nc(-n3ncc(C#N)c3NC(=O)CCCOc3ccccc3Cl)cc(C)c2c1. The second-order valence-electron chi connectivity index (χ2n) is 8.14. The number of aryl methyl sites for hydroxylation is 3. The Morgan fingerprint density at radius 1 is 1.18 bits per heavy atom. The van der Waals surface area contributed by atoms with Crippen LogP contribution in [0.1, 0.15) is 35.1 Å². The second kappa shape index (κ2) is 9.94. The Morgan fingerprint density at radius 3 is 2.74 bits per heavy atom. The van der Waals surface area contributed by atoms with Crippen LogP contribution in [0.3, 0.4) is 0 Å². The molecule has 34 heavy (non-hydrogen) atoms. The third-order valence-electron chi connectivity index (χ3n) is 5.45. The molecule has 0 spiro atoms. The Morgan fingerprint density at radius 2 is 1.97 bits per heavy atom. The number of fused-ring (bicyclic) bond motifs is 1. The number of amides is 1. The van der Waals surface area contributed by atoms with E-state index in [1.54, 1.807) is 12.1 Å². The van der Waals surface area contributed by atoms with Crippen LogP contribution in [0.15, 0.2) is 48.7 Å². The molecule has 2 aromatic heterocycles. The van der Waals surface area contributed by atoms with Crippen molar-refractivity contribution in [3.8, 4) is 17.6 Å². The van der Waals surface area contributed by atoms with Gasteiger partial charge in [-0.2, -0.15) is 15.0 Å². The highest BCUT2D eigenvalue weighted by Gasteiger charge is 2.17. The van der Waals surface area contributed by atoms with Crippen LogP contribution >= 0.6 is 11.6 Å². The van der Waals surface area contributed by atoms with Gasteiger partial charge >= 0.3 is 0 Å². The van der Waals surface area contributed by atoms with Crippen LogP contribution < -0.4 is 10.1 Å². The lowest BCUT2D eigenvalue weighted by atomic mass is 10.0. The van der Waals surface area contributed by atoms with Gasteiger partial charge in [-0.05, 0) is 62.6 Å². The smallest absolute Gasteiger partial charge is 0.225 e. The molecule has 1 N–H and O–H groups in total. The molecule has 0 aliphatic carbocycles. The molecule has 172 valence electrons. The lowest BCUT2D eigenvalue weighted by Gasteiger charge is -2.13. The van der Waals surface area contributed by atoms with Crippen LogP contribution in [-0.2, 0) is 4.79 Å². The average Bonchev–Trinajstić information content (AvgIpc) is 3.20. The van der Waals surface area contributed by atoms with Gasteiger partial charge in [-0.1, -0.05) is 35.4 Å². The maximum Gasteiger partial charge on any atom is 0.225 e. The number of hydrogen-bond acceptors (Lipinski definition) is 5. The molecule has 0 saturated carbocycles. The number of nitrogens with one attached hydrogen (secondary N) is 1. The number of benzene rings is 2. The number of hydrogen-bond donors (Lipinski definition) is 1. The molecular weight excluding hydrogens is 450 g/mol. The summed E-state index contributed by atoms with van der Waals surface area (Å²) in [4.78, 5) is 17.4. The van der Waals surface area contributed by atoms with Crippen molar-refractivity contribution in [3.05, 3.63) is 75.9 Å². The van der Waals surface area contributed by atoms with Crippen molar-refractivity contribution in [2.24, 2.45) is 0 Å². The van der Waals surface area contributed by atoms with Gasteiger partial charge in [0.05, 0.1) is 23.3 Å². The van der Waals surface area contributed by atoms with Gasteiger partial charge < -0.3 is 10.1 Å². The molecule has 1 amide bonds. The zero-order valence-corrected chi connectivity index (χ0v) is 20.0. The Hall–Kier alpha value is -3.89. The fourth-order valence-corrected chi connectivity index (χ4v) is 4.02. The number of aromatic nitrogens is 3. The monoisotopic (exact) mass is 473 g/mol. The summed E-state index contributed by atoms with van der Waals surface area (Å²) < 4.78 is 7.14. The molecule has 7 nitrogen and oxygen atoms in total. The third-order valence-corrected chi connectivity index (χ3v) is 5.76. The number of ether oxygens (including phenoxy) is 1. The topological polar surface area (TPSA) is 92.8 Å². The van der Waals surface area contributed by atoms with Crippen LogP contribution in [0.5, 0.6) is 5.75 Å². The molecular formula is C26H24ClN5O2. The maximum atomic E-state index is 12.6. The number of nitrogens with zero attached hydrogens (tertiary/aromatic N) is 4. The van der Waals surface area contributed by atoms with E-state index in [9.17, 15) is 10.1 Å². The summed E-state index contributed by atoms with van der Waals surface area (Å²) >= 11 is 6.08. The predicted octanol–water partition coefficient (Wildman–Crippen LogP) is 5.67. The first-order valence-electron chi connectivity index (χ1n) is 10.9. The lowest BCUT2D eigenvalue weighted by Crippen LogP contribution is -2.17. The molecule has 8 heteroatoms. The summed E-state index contributed by atoms with van der Waals surface area (Å²) in [5.41, 5.74) is 4.39. The van der Waals surface area contributed by atoms with Crippen molar-refractivity contribution >= 4 is 34.2 Å². The van der Waals surface area contributed by atoms with Crippen molar-refractivity contribution in [3.63, 3.8) is 0 Å². The van der Waals surface area contributed by atoms with E-state index in [-0.39, 0.29) is 17.9 Å². The summed E-state index contributed by atoms with van der Waals surface area (Å²) in [6, 6.07) is 15.4. The molecule has 0 atom stereocenters. The Kier molecular flexibility index (Phi) is 6.80. The molecule has 4 aromatic rings. The van der Waals surface area contributed by atoms with Crippen LogP contribution in [0.25, 0.3) is 16.7 Å². The second-order valence-corrected chi connectivity index (χ2v) is 8.54. The average molecular weight is 474 g/mol. The molecule has 0 unspecified atom stereocenters. The standard InChI is InChI=1S/C26H24ClN5O2/c1-16-11-18(3)25-20(12-16)17(2)13-23(30-25)32-26(19(14-28)15-29-32)31-24(33)9-6-10-34-22-8-5-4-7-21(22)27/h4-5,7-8,11-13,15H,6,9-10H2,1-3H3,(H,31,33). The minimum absolute atomic E-state index is 0.211. The van der Waals surface area contributed by atoms with Gasteiger partial charge in [0, 0.05) is 11.8 Å². The van der Waals surface area contributed by atoms with Crippen molar-refractivity contribution in [2.75, 3.05) is 11.9 Å². The number of nitriles is 1. The van der Waals surface area contributed by atoms with E-state index in [0.717, 1.165) is 22.0 Å². The van der Waals surface area contributed by atoms with Gasteiger partial charge in [0.1, 0.15) is 17.4 Å². The van der Waals surface area contributed by atoms with E-state index in [1.807, 2.05) is 32.0 Å². The van der Waals surface area contributed by atoms with Gasteiger partial charge in [0.25, 0.3) is 0 Å². The number of pyridine rings is 1. The van der Waals surface area contributed by atoms with Gasteiger partial charge in [-0.25, -0.2) is 4.98 Å². The highest BCUT2D eigenvalue weighted by atomic mass is 35.5. The van der Waals surface area contributed by atoms with Crippen LogP contribution in [0, 0.1) is 32.1 Å². The third kappa shape index (κ3) is 4.87. The summed E-state index contributed by atoms with van der Waals surface area (Å²) in [7, 11) is 0. The van der Waals surface area contributed by atoms with E-state index in [0.29, 0.717) is 35.4 Å². The van der Waals surface area contributed by atoms with Crippen molar-refractivity contribution < 1.29 is 9.53 Å². The van der Waals surface area contributed by atoms with Crippen molar-refractivity contribution in [2.45, 2.75) is 33.6 Å². The van der Waals surface area contributed by atoms with Crippen LogP contribution in [-0.4, -0.2) is 27.3 Å². The fraction of sp³-hybridized carbons (Fsp3) is 0.231. The maximum absolute atomic E-state index is 12.6. The first-order chi connectivity index (χ1) is 16.4. The highest BCUT2D eigenvalue weighted by molar-refractivity contribution is 6.32. The first kappa shape index (κ1) is 23.3. The molecule has 0 aliphatic heterocycles. The number of rotatable bonds is 7.